The fourth-order valence-electron chi connectivity index (χ4n) is 2.67. The lowest BCUT2D eigenvalue weighted by Gasteiger charge is -2.20. The first-order chi connectivity index (χ1) is 11.7. The van der Waals surface area contributed by atoms with Crippen molar-refractivity contribution in [2.75, 3.05) is 13.2 Å². The number of benzene rings is 2. The molecule has 2 aromatic carbocycles. The van der Waals surface area contributed by atoms with E-state index in [-0.39, 0.29) is 5.78 Å². The van der Waals surface area contributed by atoms with Gasteiger partial charge >= 0.3 is 0 Å². The third-order valence-electron chi connectivity index (χ3n) is 3.82. The smallest absolute Gasteiger partial charge is 0.193 e. The molecule has 24 heavy (non-hydrogen) atoms. The molecule has 0 spiro atoms. The van der Waals surface area contributed by atoms with E-state index in [4.69, 9.17) is 13.9 Å². The summed E-state index contributed by atoms with van der Waals surface area (Å²) in [6.07, 6.45) is 1.58. The van der Waals surface area contributed by atoms with Crippen molar-refractivity contribution in [1.29, 1.82) is 0 Å². The second-order valence-electron chi connectivity index (χ2n) is 5.35. The molecule has 0 aliphatic carbocycles. The highest BCUT2D eigenvalue weighted by molar-refractivity contribution is 9.10. The lowest BCUT2D eigenvalue weighted by atomic mass is 9.96. The highest BCUT2D eigenvalue weighted by Crippen LogP contribution is 2.38. The average Bonchev–Trinajstić information content (AvgIpc) is 3.15. The van der Waals surface area contributed by atoms with Gasteiger partial charge in [-0.3, -0.25) is 4.79 Å². The van der Waals surface area contributed by atoms with Gasteiger partial charge in [-0.2, -0.15) is 0 Å². The molecule has 0 atom stereocenters. The van der Waals surface area contributed by atoms with Crippen LogP contribution in [0.1, 0.15) is 15.9 Å². The number of rotatable bonds is 3. The van der Waals surface area contributed by atoms with Crippen LogP contribution >= 0.6 is 15.9 Å². The molecule has 2 heterocycles. The van der Waals surface area contributed by atoms with E-state index in [9.17, 15) is 4.79 Å². The minimum Gasteiger partial charge on any atom is -0.486 e. The van der Waals surface area contributed by atoms with Crippen LogP contribution in [0.3, 0.4) is 0 Å². The molecule has 1 aliphatic rings. The van der Waals surface area contributed by atoms with E-state index in [1.807, 2.05) is 18.2 Å². The number of halogens is 1. The zero-order chi connectivity index (χ0) is 16.5. The van der Waals surface area contributed by atoms with Crippen LogP contribution in [0, 0.1) is 0 Å². The number of ketones is 1. The van der Waals surface area contributed by atoms with Gasteiger partial charge in [-0.1, -0.05) is 15.9 Å². The molecule has 0 N–H and O–H groups in total. The van der Waals surface area contributed by atoms with Gasteiger partial charge in [0.15, 0.2) is 17.3 Å². The van der Waals surface area contributed by atoms with Gasteiger partial charge in [0.25, 0.3) is 0 Å². The van der Waals surface area contributed by atoms with E-state index in [2.05, 4.69) is 15.9 Å². The maximum atomic E-state index is 13.0. The Morgan fingerprint density at radius 3 is 2.33 bits per heavy atom. The van der Waals surface area contributed by atoms with Crippen molar-refractivity contribution in [1.82, 2.24) is 0 Å². The van der Waals surface area contributed by atoms with Gasteiger partial charge in [-0.25, -0.2) is 0 Å². The van der Waals surface area contributed by atoms with Crippen LogP contribution in [0.5, 0.6) is 11.5 Å². The van der Waals surface area contributed by atoms with Crippen LogP contribution in [0.25, 0.3) is 11.3 Å². The minimum atomic E-state index is -0.0918. The van der Waals surface area contributed by atoms with Gasteiger partial charge in [0.1, 0.15) is 19.0 Å². The Morgan fingerprint density at radius 1 is 0.958 bits per heavy atom. The van der Waals surface area contributed by atoms with Gasteiger partial charge in [0, 0.05) is 21.2 Å². The molecule has 0 fully saturated rings. The largest absolute Gasteiger partial charge is 0.486 e. The van der Waals surface area contributed by atoms with E-state index in [1.165, 1.54) is 0 Å². The number of hydrogen-bond acceptors (Lipinski definition) is 4. The molecule has 0 unspecified atom stereocenters. The van der Waals surface area contributed by atoms with Crippen LogP contribution in [0.15, 0.2) is 63.7 Å². The van der Waals surface area contributed by atoms with E-state index in [0.717, 1.165) is 4.47 Å². The van der Waals surface area contributed by atoms with Crippen molar-refractivity contribution in [3.63, 3.8) is 0 Å². The van der Waals surface area contributed by atoms with Crippen LogP contribution in [0.2, 0.25) is 0 Å². The molecule has 0 saturated heterocycles. The fraction of sp³-hybridized carbons (Fsp3) is 0.105. The summed E-state index contributed by atoms with van der Waals surface area (Å²) < 4.78 is 17.7. The first-order valence-electron chi connectivity index (χ1n) is 7.50. The van der Waals surface area contributed by atoms with E-state index >= 15 is 0 Å². The summed E-state index contributed by atoms with van der Waals surface area (Å²) >= 11 is 3.38. The van der Waals surface area contributed by atoms with E-state index in [1.54, 1.807) is 36.6 Å². The van der Waals surface area contributed by atoms with Crippen molar-refractivity contribution < 1.29 is 18.7 Å². The van der Waals surface area contributed by atoms with Crippen LogP contribution < -0.4 is 9.47 Å². The molecule has 3 aromatic rings. The summed E-state index contributed by atoms with van der Waals surface area (Å²) in [6.45, 7) is 0.962. The molecule has 4 rings (SSSR count). The van der Waals surface area contributed by atoms with Gasteiger partial charge in [-0.05, 0) is 48.5 Å². The molecule has 0 saturated carbocycles. The van der Waals surface area contributed by atoms with Gasteiger partial charge in [-0.15, -0.1) is 0 Å². The summed E-state index contributed by atoms with van der Waals surface area (Å²) in [6, 6.07) is 14.4. The quantitative estimate of drug-likeness (QED) is 0.613. The highest BCUT2D eigenvalue weighted by Gasteiger charge is 2.22. The van der Waals surface area contributed by atoms with Crippen molar-refractivity contribution in [3.8, 4) is 22.8 Å². The maximum absolute atomic E-state index is 13.0. The summed E-state index contributed by atoms with van der Waals surface area (Å²) in [7, 11) is 0. The Bertz CT molecular complexity index is 882. The lowest BCUT2D eigenvalue weighted by Crippen LogP contribution is -2.16. The summed E-state index contributed by atoms with van der Waals surface area (Å²) in [5, 5.41) is 0. The number of carbonyl (C=O) groups excluding carboxylic acids is 1. The molecule has 0 radical (unpaired) electrons. The van der Waals surface area contributed by atoms with Crippen molar-refractivity contribution in [2.24, 2.45) is 0 Å². The van der Waals surface area contributed by atoms with Crippen LogP contribution in [0.4, 0.5) is 0 Å². The highest BCUT2D eigenvalue weighted by atomic mass is 79.9. The van der Waals surface area contributed by atoms with Crippen molar-refractivity contribution in [3.05, 3.63) is 70.4 Å². The molecule has 120 valence electrons. The normalized spacial score (nSPS) is 12.9. The monoisotopic (exact) mass is 384 g/mol. The Balaban J connectivity index is 1.86. The van der Waals surface area contributed by atoms with Gasteiger partial charge < -0.3 is 13.9 Å². The molecule has 1 aliphatic heterocycles. The summed E-state index contributed by atoms with van der Waals surface area (Å²) in [5.74, 6) is 1.73. The number of furan rings is 1. The SMILES string of the molecule is O=C(c1ccc(Br)cc1)c1cc2c(cc1-c1ccco1)OCCO2. The van der Waals surface area contributed by atoms with E-state index in [0.29, 0.717) is 47.2 Å². The fourth-order valence-corrected chi connectivity index (χ4v) is 2.93. The maximum Gasteiger partial charge on any atom is 0.193 e. The second-order valence-corrected chi connectivity index (χ2v) is 6.27. The minimum absolute atomic E-state index is 0.0918. The molecular weight excluding hydrogens is 372 g/mol. The first kappa shape index (κ1) is 15.0. The van der Waals surface area contributed by atoms with Gasteiger partial charge in [0.2, 0.25) is 0 Å². The van der Waals surface area contributed by atoms with Crippen LogP contribution in [-0.4, -0.2) is 19.0 Å². The zero-order valence-electron chi connectivity index (χ0n) is 12.6. The number of ether oxygens (including phenoxy) is 2. The lowest BCUT2D eigenvalue weighted by molar-refractivity contribution is 0.103. The zero-order valence-corrected chi connectivity index (χ0v) is 14.2. The topological polar surface area (TPSA) is 48.7 Å². The Morgan fingerprint density at radius 2 is 1.67 bits per heavy atom. The third-order valence-corrected chi connectivity index (χ3v) is 4.35. The Labute approximate surface area is 147 Å². The molecule has 1 aromatic heterocycles. The Hall–Kier alpha value is -2.53. The van der Waals surface area contributed by atoms with Crippen molar-refractivity contribution in [2.45, 2.75) is 0 Å². The molecule has 5 heteroatoms. The predicted molar refractivity (Wildman–Crippen MR) is 92.7 cm³/mol. The predicted octanol–water partition coefficient (Wildman–Crippen LogP) is 4.71. The summed E-state index contributed by atoms with van der Waals surface area (Å²) in [5.41, 5.74) is 1.82. The molecule has 4 nitrogen and oxygen atoms in total. The third kappa shape index (κ3) is 2.71. The molecule has 0 amide bonds. The molecular formula is C19H13BrO4. The Kier molecular flexibility index (Phi) is 3.86. The molecule has 0 bridgehead atoms. The summed E-state index contributed by atoms with van der Waals surface area (Å²) in [4.78, 5) is 13.0. The number of hydrogen-bond donors (Lipinski definition) is 0. The first-order valence-corrected chi connectivity index (χ1v) is 8.29. The van der Waals surface area contributed by atoms with Crippen LogP contribution in [-0.2, 0) is 0 Å². The number of fused-ring (bicyclic) bond motifs is 1. The van der Waals surface area contributed by atoms with E-state index < -0.39 is 0 Å². The standard InChI is InChI=1S/C19H13BrO4/c20-13-5-3-12(4-6-13)19(21)15-11-18-17(23-8-9-24-18)10-14(15)16-2-1-7-22-16/h1-7,10-11H,8-9H2. The number of carbonyl (C=O) groups is 1. The average molecular weight is 385 g/mol. The second kappa shape index (κ2) is 6.17. The van der Waals surface area contributed by atoms with Crippen molar-refractivity contribution >= 4 is 21.7 Å². The van der Waals surface area contributed by atoms with Gasteiger partial charge in [0.05, 0.1) is 6.26 Å².